The summed E-state index contributed by atoms with van der Waals surface area (Å²) in [7, 11) is 1.23. The minimum absolute atomic E-state index is 0.0205. The van der Waals surface area contributed by atoms with Crippen molar-refractivity contribution in [1.82, 2.24) is 19.7 Å². The molecule has 0 atom stereocenters. The number of carbonyl (C=O) groups is 1. The maximum absolute atomic E-state index is 13.2. The Morgan fingerprint density at radius 1 is 1.16 bits per heavy atom. The Morgan fingerprint density at radius 3 is 2.61 bits per heavy atom. The number of methoxy groups -OCH3 is 1. The smallest absolute Gasteiger partial charge is 0.375 e. The van der Waals surface area contributed by atoms with Gasteiger partial charge in [0, 0.05) is 17.0 Å². The number of aryl methyl sites for hydroxylation is 2. The van der Waals surface area contributed by atoms with Crippen LogP contribution in [0.3, 0.4) is 0 Å². The molecule has 31 heavy (non-hydrogen) atoms. The van der Waals surface area contributed by atoms with Crippen LogP contribution in [-0.2, 0) is 4.74 Å². The molecular formula is C22H19N5O4. The monoisotopic (exact) mass is 417 g/mol. The first-order valence-electron chi connectivity index (χ1n) is 9.40. The van der Waals surface area contributed by atoms with Crippen molar-refractivity contribution in [3.8, 4) is 11.6 Å². The summed E-state index contributed by atoms with van der Waals surface area (Å²) in [4.78, 5) is 32.8. The molecule has 2 aromatic heterocycles. The number of nitrogens with one attached hydrogen (secondary N) is 1. The van der Waals surface area contributed by atoms with Crippen molar-refractivity contribution in [3.63, 3.8) is 0 Å². The lowest BCUT2D eigenvalue weighted by Gasteiger charge is -2.14. The van der Waals surface area contributed by atoms with Gasteiger partial charge in [0.05, 0.1) is 18.4 Å². The normalized spacial score (nSPS) is 11.3. The van der Waals surface area contributed by atoms with Crippen molar-refractivity contribution in [2.45, 2.75) is 13.8 Å². The second kappa shape index (κ2) is 7.86. The molecule has 0 unspecified atom stereocenters. The first kappa shape index (κ1) is 20.0. The molecule has 4 aromatic rings. The predicted molar refractivity (Wildman–Crippen MR) is 116 cm³/mol. The third-order valence-electron chi connectivity index (χ3n) is 5.01. The SMILES string of the molecule is COC(=O)c1nc(/N=C/c2c(O)n(-c3ccc(C)c(C)c3)c(=O)c3ccccc23)n[nH]1. The van der Waals surface area contributed by atoms with E-state index in [2.05, 4.69) is 24.9 Å². The van der Waals surface area contributed by atoms with Crippen LogP contribution in [0.5, 0.6) is 5.88 Å². The number of rotatable bonds is 4. The van der Waals surface area contributed by atoms with Crippen LogP contribution in [0.25, 0.3) is 16.5 Å². The number of hydrogen-bond acceptors (Lipinski definition) is 7. The zero-order valence-electron chi connectivity index (χ0n) is 17.1. The largest absolute Gasteiger partial charge is 0.494 e. The number of pyridine rings is 1. The van der Waals surface area contributed by atoms with Crippen LogP contribution in [0.4, 0.5) is 5.95 Å². The Kier molecular flexibility index (Phi) is 5.08. The second-order valence-electron chi connectivity index (χ2n) is 6.93. The van der Waals surface area contributed by atoms with Gasteiger partial charge in [-0.15, -0.1) is 5.10 Å². The van der Waals surface area contributed by atoms with Gasteiger partial charge in [0.1, 0.15) is 0 Å². The lowest BCUT2D eigenvalue weighted by atomic mass is 10.1. The zero-order valence-corrected chi connectivity index (χ0v) is 17.1. The fourth-order valence-corrected chi connectivity index (χ4v) is 3.21. The summed E-state index contributed by atoms with van der Waals surface area (Å²) in [5, 5.41) is 18.3. The molecule has 9 heteroatoms. The summed E-state index contributed by atoms with van der Waals surface area (Å²) < 4.78 is 5.83. The van der Waals surface area contributed by atoms with E-state index in [1.54, 1.807) is 30.3 Å². The molecule has 0 bridgehead atoms. The van der Waals surface area contributed by atoms with Crippen LogP contribution in [0.1, 0.15) is 27.3 Å². The van der Waals surface area contributed by atoms with Gasteiger partial charge in [-0.05, 0) is 43.2 Å². The molecule has 9 nitrogen and oxygen atoms in total. The number of ether oxygens (including phenoxy) is 1. The minimum atomic E-state index is -0.675. The Bertz CT molecular complexity index is 1400. The van der Waals surface area contributed by atoms with Crippen molar-refractivity contribution in [2.24, 2.45) is 4.99 Å². The summed E-state index contributed by atoms with van der Waals surface area (Å²) in [6, 6.07) is 12.4. The molecule has 156 valence electrons. The fraction of sp³-hybridized carbons (Fsp3) is 0.136. The van der Waals surface area contributed by atoms with Gasteiger partial charge in [0.2, 0.25) is 11.7 Å². The van der Waals surface area contributed by atoms with Gasteiger partial charge in [-0.25, -0.2) is 14.4 Å². The third kappa shape index (κ3) is 3.57. The lowest BCUT2D eigenvalue weighted by molar-refractivity contribution is 0.0587. The fourth-order valence-electron chi connectivity index (χ4n) is 3.21. The Balaban J connectivity index is 1.90. The number of carbonyl (C=O) groups excluding carboxylic acids is 1. The Labute approximate surface area is 176 Å². The van der Waals surface area contributed by atoms with Gasteiger partial charge in [-0.3, -0.25) is 9.89 Å². The number of aromatic amines is 1. The molecule has 2 N–H and O–H groups in total. The number of nitrogens with zero attached hydrogens (tertiary/aromatic N) is 4. The average molecular weight is 417 g/mol. The van der Waals surface area contributed by atoms with E-state index in [1.165, 1.54) is 17.9 Å². The topological polar surface area (TPSA) is 122 Å². The van der Waals surface area contributed by atoms with Crippen LogP contribution in [0, 0.1) is 13.8 Å². The molecule has 0 radical (unpaired) electrons. The second-order valence-corrected chi connectivity index (χ2v) is 6.93. The van der Waals surface area contributed by atoms with Gasteiger partial charge in [-0.2, -0.15) is 4.98 Å². The first-order chi connectivity index (χ1) is 14.9. The zero-order chi connectivity index (χ0) is 22.1. The highest BCUT2D eigenvalue weighted by molar-refractivity contribution is 6.02. The van der Waals surface area contributed by atoms with E-state index in [0.717, 1.165) is 11.1 Å². The lowest BCUT2D eigenvalue weighted by Crippen LogP contribution is -2.20. The maximum atomic E-state index is 13.2. The van der Waals surface area contributed by atoms with Crippen molar-refractivity contribution in [3.05, 3.63) is 75.3 Å². The molecule has 4 rings (SSSR count). The highest BCUT2D eigenvalue weighted by Crippen LogP contribution is 2.27. The molecule has 0 saturated heterocycles. The van der Waals surface area contributed by atoms with Gasteiger partial charge >= 0.3 is 5.97 Å². The summed E-state index contributed by atoms with van der Waals surface area (Å²) in [6.45, 7) is 3.91. The Hall–Kier alpha value is -4.27. The van der Waals surface area contributed by atoms with E-state index in [-0.39, 0.29) is 23.2 Å². The predicted octanol–water partition coefficient (Wildman–Crippen LogP) is 2.97. The minimum Gasteiger partial charge on any atom is -0.494 e. The van der Waals surface area contributed by atoms with Crippen molar-refractivity contribution >= 4 is 28.9 Å². The maximum Gasteiger partial charge on any atom is 0.375 e. The molecule has 0 spiro atoms. The highest BCUT2D eigenvalue weighted by atomic mass is 16.5. The van der Waals surface area contributed by atoms with Crippen LogP contribution in [-0.4, -0.2) is 44.1 Å². The van der Waals surface area contributed by atoms with E-state index < -0.39 is 5.97 Å². The number of esters is 1. The molecule has 2 heterocycles. The molecule has 2 aromatic carbocycles. The van der Waals surface area contributed by atoms with Gasteiger partial charge in [-0.1, -0.05) is 24.3 Å². The van der Waals surface area contributed by atoms with Crippen molar-refractivity contribution < 1.29 is 14.6 Å². The molecule has 0 saturated carbocycles. The van der Waals surface area contributed by atoms with Crippen LogP contribution >= 0.6 is 0 Å². The molecule has 0 aliphatic rings. The number of aromatic hydroxyl groups is 1. The Morgan fingerprint density at radius 2 is 1.90 bits per heavy atom. The van der Waals surface area contributed by atoms with Crippen LogP contribution < -0.4 is 5.56 Å². The van der Waals surface area contributed by atoms with E-state index in [1.807, 2.05) is 26.0 Å². The molecule has 0 fully saturated rings. The average Bonchev–Trinajstić information content (AvgIpc) is 3.24. The number of H-pyrrole nitrogens is 1. The quantitative estimate of drug-likeness (QED) is 0.389. The van der Waals surface area contributed by atoms with Crippen LogP contribution in [0.15, 0.2) is 52.3 Å². The summed E-state index contributed by atoms with van der Waals surface area (Å²) >= 11 is 0. The first-order valence-corrected chi connectivity index (χ1v) is 9.40. The molecular weight excluding hydrogens is 398 g/mol. The van der Waals surface area contributed by atoms with E-state index in [4.69, 9.17) is 0 Å². The summed E-state index contributed by atoms with van der Waals surface area (Å²) in [6.07, 6.45) is 1.36. The standard InChI is InChI=1S/C22H19N5O4/c1-12-8-9-14(10-13(12)2)27-19(28)16-7-5-4-6-15(16)17(20(27)29)11-23-22-24-18(25-26-22)21(30)31-3/h4-11,29H,1-3H3,(H,24,25,26)/b23-11+. The number of fused-ring (bicyclic) bond motifs is 1. The highest BCUT2D eigenvalue weighted by Gasteiger charge is 2.17. The van der Waals surface area contributed by atoms with Crippen molar-refractivity contribution in [2.75, 3.05) is 7.11 Å². The van der Waals surface area contributed by atoms with Crippen molar-refractivity contribution in [1.29, 1.82) is 0 Å². The van der Waals surface area contributed by atoms with Gasteiger partial charge < -0.3 is 9.84 Å². The van der Waals surface area contributed by atoms with Gasteiger partial charge in [0.15, 0.2) is 0 Å². The van der Waals surface area contributed by atoms with Crippen LogP contribution in [0.2, 0.25) is 0 Å². The molecule has 0 aliphatic carbocycles. The molecule has 0 aliphatic heterocycles. The summed E-state index contributed by atoms with van der Waals surface area (Å²) in [5.74, 6) is -1.05. The molecule has 0 amide bonds. The van der Waals surface area contributed by atoms with E-state index in [9.17, 15) is 14.7 Å². The number of aromatic nitrogens is 4. The number of benzene rings is 2. The number of aliphatic imine (C=N–C) groups is 1. The number of hydrogen-bond donors (Lipinski definition) is 2. The van der Waals surface area contributed by atoms with E-state index in [0.29, 0.717) is 22.0 Å². The third-order valence-corrected chi connectivity index (χ3v) is 5.01. The summed E-state index contributed by atoms with van der Waals surface area (Å²) in [5.41, 5.74) is 2.57. The van der Waals surface area contributed by atoms with Gasteiger partial charge in [0.25, 0.3) is 11.5 Å². The van der Waals surface area contributed by atoms with E-state index >= 15 is 0 Å².